The summed E-state index contributed by atoms with van der Waals surface area (Å²) >= 11 is 0. The van der Waals surface area contributed by atoms with Crippen LogP contribution in [-0.4, -0.2) is 113 Å². The fourth-order valence-electron chi connectivity index (χ4n) is 3.93. The van der Waals surface area contributed by atoms with Gasteiger partial charge >= 0.3 is 38.7 Å². The fourth-order valence-corrected chi connectivity index (χ4v) is 18.6. The van der Waals surface area contributed by atoms with Gasteiger partial charge in [-0.2, -0.15) is 0 Å². The van der Waals surface area contributed by atoms with Crippen LogP contribution in [0.2, 0.25) is 65.0 Å². The summed E-state index contributed by atoms with van der Waals surface area (Å²) in [5.74, 6) is -2.80. The van der Waals surface area contributed by atoms with Crippen molar-refractivity contribution in [2.45, 2.75) is 139 Å². The molecule has 0 aliphatic heterocycles. The summed E-state index contributed by atoms with van der Waals surface area (Å²) in [5.41, 5.74) is 1.18. The average Bonchev–Trinajstić information content (AvgIpc) is 3.08. The molecule has 0 rings (SSSR count). The van der Waals surface area contributed by atoms with Gasteiger partial charge in [-0.3, -0.25) is 9.59 Å². The molecule has 0 saturated carbocycles. The molecule has 0 aliphatic carbocycles. The van der Waals surface area contributed by atoms with Crippen molar-refractivity contribution in [2.24, 2.45) is 0 Å². The number of ether oxygens (including phenoxy) is 4. The van der Waals surface area contributed by atoms with E-state index in [1.54, 1.807) is 41.5 Å². The van der Waals surface area contributed by atoms with Crippen molar-refractivity contribution in [1.29, 1.82) is 0 Å². The zero-order valence-electron chi connectivity index (χ0n) is 42.2. The van der Waals surface area contributed by atoms with Gasteiger partial charge in [-0.05, 0) is 127 Å². The smallest absolute Gasteiger partial charge is 0.469 e. The van der Waals surface area contributed by atoms with Crippen LogP contribution in [0.4, 0.5) is 0 Å². The molecule has 1 amide bonds. The second-order valence-corrected chi connectivity index (χ2v) is 35.0. The predicted molar refractivity (Wildman–Crippen MR) is 263 cm³/mol. The first-order valence-electron chi connectivity index (χ1n) is 20.2. The fraction of sp³-hybridized carbons (Fsp3) is 0.568. The van der Waals surface area contributed by atoms with Crippen molar-refractivity contribution < 1.29 is 70.0 Å². The molecule has 20 heteroatoms. The van der Waals surface area contributed by atoms with E-state index in [-0.39, 0.29) is 42.4 Å². The van der Waals surface area contributed by atoms with E-state index in [1.807, 2.05) is 0 Å². The lowest BCUT2D eigenvalue weighted by molar-refractivity contribution is -0.147. The second kappa shape index (κ2) is 33.2. The summed E-state index contributed by atoms with van der Waals surface area (Å²) in [7, 11) is -7.07. The van der Waals surface area contributed by atoms with Crippen molar-refractivity contribution in [1.82, 2.24) is 5.32 Å². The maximum absolute atomic E-state index is 11.6. The first kappa shape index (κ1) is 68.7. The molecule has 2 N–H and O–H groups in total. The van der Waals surface area contributed by atoms with E-state index < -0.39 is 57.2 Å². The standard InChI is InChI=1S/C16H38O5Si4.C10H14O4.C9H15NO2.C5H8O2.C4H6O2/c1-15(2)16(17)18-13-12-14-25(19-22(3,4)5,20-23(6,7)8)21-24(9,10)11;1-7(2)9(11)13-5-6-14-10(12)8(3)4;1-5-8(12)10-9(3,4)6-7(2)11;1-4(2)5(6)7-3;1-3(2)4(5)6/h1,12-14H2,2-11H3;1,3,5-6H2,2,4H3;5H,1,6H2,2-4H3,(H,10,12);1H2,2-3H3;1H2,2H3,(H,5,6). The molecule has 368 valence electrons. The molecule has 0 aliphatic rings. The van der Waals surface area contributed by atoms with Gasteiger partial charge in [0.1, 0.15) is 19.0 Å². The van der Waals surface area contributed by atoms with Crippen molar-refractivity contribution >= 4 is 75.3 Å². The van der Waals surface area contributed by atoms with Crippen LogP contribution in [0.15, 0.2) is 73.4 Å². The van der Waals surface area contributed by atoms with Crippen molar-refractivity contribution in [2.75, 3.05) is 26.9 Å². The van der Waals surface area contributed by atoms with Crippen molar-refractivity contribution in [3.63, 3.8) is 0 Å². The topological polar surface area (TPSA) is 216 Å². The highest BCUT2D eigenvalue weighted by Gasteiger charge is 2.49. The molecule has 0 bridgehead atoms. The molecule has 0 saturated heterocycles. The Kier molecular flexibility index (Phi) is 35.7. The Hall–Kier alpha value is -4.32. The average molecular weight is 976 g/mol. The quantitative estimate of drug-likeness (QED) is 0.0341. The van der Waals surface area contributed by atoms with Crippen LogP contribution in [0.3, 0.4) is 0 Å². The van der Waals surface area contributed by atoms with Crippen LogP contribution in [0.5, 0.6) is 0 Å². The minimum Gasteiger partial charge on any atom is -0.478 e. The van der Waals surface area contributed by atoms with Gasteiger partial charge in [0.2, 0.25) is 5.91 Å². The molecule has 0 aromatic rings. The number of carbonyl (C=O) groups excluding carboxylic acids is 6. The molecule has 0 atom stereocenters. The highest BCUT2D eigenvalue weighted by atomic mass is 28.5. The summed E-state index contributed by atoms with van der Waals surface area (Å²) < 4.78 is 38.6. The van der Waals surface area contributed by atoms with Gasteiger partial charge in [0.05, 0.1) is 13.7 Å². The molecular formula is C44H81NO15Si4. The predicted octanol–water partition coefficient (Wildman–Crippen LogP) is 8.64. The minimum absolute atomic E-state index is 0.0325. The third-order valence-corrected chi connectivity index (χ3v) is 18.1. The summed E-state index contributed by atoms with van der Waals surface area (Å²) in [5, 5.41) is 10.6. The molecule has 0 aromatic heterocycles. The Morgan fingerprint density at radius 1 is 0.562 bits per heavy atom. The van der Waals surface area contributed by atoms with E-state index in [4.69, 9.17) is 22.2 Å². The van der Waals surface area contributed by atoms with Gasteiger partial charge in [0.25, 0.3) is 0 Å². The molecular weight excluding hydrogens is 895 g/mol. The summed E-state index contributed by atoms with van der Waals surface area (Å²) in [4.78, 5) is 74.7. The second-order valence-electron chi connectivity index (χ2n) is 18.0. The summed E-state index contributed by atoms with van der Waals surface area (Å²) in [6.07, 6.45) is 2.21. The lowest BCUT2D eigenvalue weighted by atomic mass is 9.98. The lowest BCUT2D eigenvalue weighted by Crippen LogP contribution is -2.60. The van der Waals surface area contributed by atoms with Crippen molar-refractivity contribution in [3.8, 4) is 0 Å². The maximum atomic E-state index is 11.6. The van der Waals surface area contributed by atoms with Gasteiger partial charge in [-0.15, -0.1) is 0 Å². The summed E-state index contributed by atoms with van der Waals surface area (Å²) in [6, 6.07) is 0.676. The van der Waals surface area contributed by atoms with E-state index >= 15 is 0 Å². The number of amides is 1. The van der Waals surface area contributed by atoms with Crippen LogP contribution in [0.1, 0.15) is 68.2 Å². The molecule has 0 heterocycles. The van der Waals surface area contributed by atoms with E-state index in [1.165, 1.54) is 27.0 Å². The van der Waals surface area contributed by atoms with Crippen LogP contribution in [0.25, 0.3) is 0 Å². The van der Waals surface area contributed by atoms with E-state index in [9.17, 15) is 33.6 Å². The highest BCUT2D eigenvalue weighted by molar-refractivity contribution is 6.90. The van der Waals surface area contributed by atoms with Crippen LogP contribution in [0, 0.1) is 0 Å². The lowest BCUT2D eigenvalue weighted by Gasteiger charge is -2.42. The van der Waals surface area contributed by atoms with Gasteiger partial charge in [0.15, 0.2) is 25.0 Å². The Bertz CT molecular complexity index is 1550. The third-order valence-electron chi connectivity index (χ3n) is 6.08. The van der Waals surface area contributed by atoms with Crippen molar-refractivity contribution in [3.05, 3.63) is 73.4 Å². The molecule has 0 fully saturated rings. The monoisotopic (exact) mass is 975 g/mol. The first-order chi connectivity index (χ1) is 28.6. The largest absolute Gasteiger partial charge is 0.478 e. The number of Topliss-reactive ketones (excluding diaryl/α,β-unsaturated/α-hetero) is 1. The number of rotatable bonds is 22. The van der Waals surface area contributed by atoms with E-state index in [0.717, 1.165) is 0 Å². The zero-order valence-corrected chi connectivity index (χ0v) is 46.2. The Morgan fingerprint density at radius 3 is 1.06 bits per heavy atom. The number of hydrogen-bond donors (Lipinski definition) is 2. The number of aliphatic carboxylic acids is 1. The minimum atomic E-state index is -2.83. The van der Waals surface area contributed by atoms with Crippen LogP contribution in [-0.2, 0) is 64.9 Å². The highest BCUT2D eigenvalue weighted by Crippen LogP contribution is 2.30. The maximum Gasteiger partial charge on any atom is 0.469 e. The number of carboxylic acid groups (broad SMARTS) is 1. The molecule has 0 unspecified atom stereocenters. The van der Waals surface area contributed by atoms with Gasteiger partial charge in [-0.1, -0.05) is 39.5 Å². The number of nitrogens with one attached hydrogen (secondary N) is 1. The number of hydrogen-bond acceptors (Lipinski definition) is 14. The number of ketones is 1. The normalized spacial score (nSPS) is 10.8. The van der Waals surface area contributed by atoms with Gasteiger partial charge < -0.3 is 41.7 Å². The van der Waals surface area contributed by atoms with E-state index in [2.05, 4.69) is 118 Å². The van der Waals surface area contributed by atoms with E-state index in [0.29, 0.717) is 47.8 Å². The zero-order chi connectivity index (χ0) is 52.0. The Balaban J connectivity index is -0.000000251. The number of esters is 4. The number of carbonyl (C=O) groups is 7. The first-order valence-corrected chi connectivity index (χ1v) is 32.4. The molecule has 0 radical (unpaired) electrons. The Labute approximate surface area is 388 Å². The Morgan fingerprint density at radius 2 is 0.859 bits per heavy atom. The molecule has 0 aromatic carbocycles. The third kappa shape index (κ3) is 47.2. The van der Waals surface area contributed by atoms with Crippen LogP contribution < -0.4 is 5.32 Å². The summed E-state index contributed by atoms with van der Waals surface area (Å²) in [6.45, 7) is 53.0. The van der Waals surface area contributed by atoms with Crippen LogP contribution >= 0.6 is 0 Å². The number of carboxylic acids is 1. The molecule has 16 nitrogen and oxygen atoms in total. The SMILES string of the molecule is C=C(C)C(=O)O.C=C(C)C(=O)OC.C=C(C)C(=O)OCCC[Si](O[Si](C)(C)C)(O[Si](C)(C)C)O[Si](C)(C)C.C=C(C)C(=O)OCCOC(=O)C(=C)C.C=CC(=O)NC(C)(C)CC(C)=O. The molecule has 64 heavy (non-hydrogen) atoms. The van der Waals surface area contributed by atoms with Gasteiger partial charge in [0, 0.05) is 45.9 Å². The van der Waals surface area contributed by atoms with Gasteiger partial charge in [-0.25, -0.2) is 24.0 Å². The molecule has 0 spiro atoms. The number of methoxy groups -OCH3 is 1.